The number of hydrogen-bond acceptors (Lipinski definition) is 10. The van der Waals surface area contributed by atoms with Gasteiger partial charge in [-0.15, -0.1) is 0 Å². The number of thiocarbonyl (C=S) groups is 1. The van der Waals surface area contributed by atoms with Crippen LogP contribution >= 0.6 is 12.2 Å². The molecular formula is C34H37F3O9S. The van der Waals surface area contributed by atoms with Gasteiger partial charge in [0.2, 0.25) is 0 Å². The zero-order valence-electron chi connectivity index (χ0n) is 26.2. The lowest BCUT2D eigenvalue weighted by Gasteiger charge is -2.21. The Bertz CT molecular complexity index is 1710. The Balaban J connectivity index is 1.82. The Morgan fingerprint density at radius 1 is 1.21 bits per heavy atom. The van der Waals surface area contributed by atoms with Gasteiger partial charge in [0.25, 0.3) is 0 Å². The number of aliphatic hydroxyl groups is 1. The number of ketones is 1. The van der Waals surface area contributed by atoms with E-state index in [1.807, 2.05) is 6.92 Å². The van der Waals surface area contributed by atoms with E-state index in [-0.39, 0.29) is 39.7 Å². The summed E-state index contributed by atoms with van der Waals surface area (Å²) < 4.78 is 60.2. The van der Waals surface area contributed by atoms with Crippen molar-refractivity contribution in [1.29, 1.82) is 0 Å². The fourth-order valence-electron chi connectivity index (χ4n) is 4.93. The van der Waals surface area contributed by atoms with Gasteiger partial charge in [0.05, 0.1) is 36.2 Å². The predicted octanol–water partition coefficient (Wildman–Crippen LogP) is 5.74. The highest BCUT2D eigenvalue weighted by atomic mass is 32.1. The highest BCUT2D eigenvalue weighted by Crippen LogP contribution is 2.34. The fourth-order valence-corrected chi connectivity index (χ4v) is 5.12. The van der Waals surface area contributed by atoms with Crippen molar-refractivity contribution in [3.8, 4) is 17.4 Å². The molecule has 1 aliphatic carbocycles. The molecule has 3 rings (SSSR count). The lowest BCUT2D eigenvalue weighted by atomic mass is 9.90. The van der Waals surface area contributed by atoms with E-state index < -0.39 is 48.6 Å². The van der Waals surface area contributed by atoms with Crippen LogP contribution in [0.3, 0.4) is 0 Å². The molecule has 47 heavy (non-hydrogen) atoms. The molecule has 2 N–H and O–H groups in total. The van der Waals surface area contributed by atoms with Crippen LogP contribution in [0.25, 0.3) is 12.2 Å². The first kappa shape index (κ1) is 37.2. The van der Waals surface area contributed by atoms with E-state index in [9.17, 15) is 37.8 Å². The van der Waals surface area contributed by atoms with Gasteiger partial charge in [-0.25, -0.2) is 4.79 Å². The molecule has 1 heterocycles. The molecule has 0 unspecified atom stereocenters. The topological polar surface area (TPSA) is 132 Å². The molecule has 0 bridgehead atoms. The third-order valence-electron chi connectivity index (χ3n) is 7.25. The zero-order valence-corrected chi connectivity index (χ0v) is 27.0. The number of rotatable bonds is 15. The quantitative estimate of drug-likeness (QED) is 0.0791. The number of aromatic hydroxyl groups is 1. The van der Waals surface area contributed by atoms with Gasteiger partial charge in [-0.05, 0) is 50.8 Å². The number of halogens is 3. The van der Waals surface area contributed by atoms with Gasteiger partial charge in [0.1, 0.15) is 16.9 Å². The maximum atomic E-state index is 13.6. The van der Waals surface area contributed by atoms with Crippen LogP contribution in [-0.2, 0) is 11.2 Å². The summed E-state index contributed by atoms with van der Waals surface area (Å²) in [6, 6.07) is 3.18. The van der Waals surface area contributed by atoms with E-state index in [0.29, 0.717) is 42.0 Å². The number of methoxy groups -OCH3 is 1. The zero-order chi connectivity index (χ0) is 34.7. The number of fused-ring (bicyclic) bond motifs is 1. The van der Waals surface area contributed by atoms with E-state index in [1.165, 1.54) is 37.3 Å². The molecule has 9 nitrogen and oxygen atoms in total. The Morgan fingerprint density at radius 2 is 1.96 bits per heavy atom. The monoisotopic (exact) mass is 678 g/mol. The lowest BCUT2D eigenvalue weighted by molar-refractivity contribution is -0.140. The molecule has 1 aliphatic rings. The van der Waals surface area contributed by atoms with Crippen molar-refractivity contribution < 1.29 is 51.6 Å². The first-order valence-corrected chi connectivity index (χ1v) is 15.4. The molecule has 13 heteroatoms. The third-order valence-corrected chi connectivity index (χ3v) is 7.53. The number of hydrogen-bond donors (Lipinski definition) is 2. The summed E-state index contributed by atoms with van der Waals surface area (Å²) >= 11 is 5.17. The second kappa shape index (κ2) is 17.1. The number of unbranched alkanes of at least 4 members (excludes halogenated alkanes) is 1. The minimum absolute atomic E-state index is 0.00958. The molecule has 0 spiro atoms. The number of ether oxygens (including phenoxy) is 3. The normalized spacial score (nSPS) is 14.3. The highest BCUT2D eigenvalue weighted by molar-refractivity contribution is 7.81. The standard InChI is InChI=1S/C34H37F3O9S/c1-4-10-24-27(15-14-22(20(2)38)30(24)40)44-18-9-7-5-6-8-11-23(26(39)16-17-34(35,36)37)29-31(41)25-13-12-21(47)19-28(25)45-32(29)46-33(42)43-3/h5-6,8,11,13-15,19,23,26,39-40H,4,7,9-10,12,16-18H2,1-3H3/b6-5-,11-8+/t23-,26-/m1/s1. The van der Waals surface area contributed by atoms with Crippen molar-refractivity contribution in [1.82, 2.24) is 0 Å². The molecule has 0 radical (unpaired) electrons. The van der Waals surface area contributed by atoms with E-state index in [0.717, 1.165) is 13.5 Å². The van der Waals surface area contributed by atoms with Gasteiger partial charge in [0, 0.05) is 29.2 Å². The maximum absolute atomic E-state index is 13.6. The molecule has 0 saturated carbocycles. The van der Waals surface area contributed by atoms with Gasteiger partial charge < -0.3 is 28.8 Å². The summed E-state index contributed by atoms with van der Waals surface area (Å²) in [7, 11) is 1.02. The first-order valence-electron chi connectivity index (χ1n) is 15.0. The van der Waals surface area contributed by atoms with Crippen LogP contribution < -0.4 is 25.5 Å². The summed E-state index contributed by atoms with van der Waals surface area (Å²) in [5.74, 6) is -1.82. The fraction of sp³-hybridized carbons (Fsp3) is 0.412. The van der Waals surface area contributed by atoms with E-state index >= 15 is 0 Å². The largest absolute Gasteiger partial charge is 0.516 e. The number of carbonyl (C=O) groups excluding carboxylic acids is 2. The molecule has 1 aromatic carbocycles. The molecule has 1 aromatic heterocycles. The average Bonchev–Trinajstić information content (AvgIpc) is 3.00. The molecule has 0 amide bonds. The number of phenols is 1. The number of benzene rings is 1. The average molecular weight is 679 g/mol. The van der Waals surface area contributed by atoms with Crippen molar-refractivity contribution in [2.75, 3.05) is 13.7 Å². The number of aliphatic hydroxyl groups excluding tert-OH is 1. The summed E-state index contributed by atoms with van der Waals surface area (Å²) in [6.45, 7) is 3.62. The number of alkyl halides is 3. The number of phenolic OH excluding ortho intramolecular Hbond substituents is 1. The SMILES string of the molecule is CCCc1c(OCCC/C=C\C=C\[C@@H](c2c(OC(=O)OC)oc3c(c2=O)=CCC(=S)C=3)[C@H](O)CCC(F)(F)F)ccc(C(C)=O)c1O. The molecule has 2 aromatic rings. The van der Waals surface area contributed by atoms with E-state index in [1.54, 1.807) is 18.2 Å². The van der Waals surface area contributed by atoms with Crippen molar-refractivity contribution >= 4 is 41.2 Å². The van der Waals surface area contributed by atoms with Crippen LogP contribution in [0.5, 0.6) is 17.4 Å². The highest BCUT2D eigenvalue weighted by Gasteiger charge is 2.33. The van der Waals surface area contributed by atoms with Crippen LogP contribution in [0.1, 0.15) is 79.8 Å². The van der Waals surface area contributed by atoms with Gasteiger partial charge in [-0.1, -0.05) is 55.9 Å². The summed E-state index contributed by atoms with van der Waals surface area (Å²) in [4.78, 5) is 37.8. The van der Waals surface area contributed by atoms with Crippen molar-refractivity contribution in [2.45, 2.75) is 77.0 Å². The lowest BCUT2D eigenvalue weighted by Crippen LogP contribution is -2.44. The first-order chi connectivity index (χ1) is 22.3. The van der Waals surface area contributed by atoms with Crippen molar-refractivity contribution in [3.63, 3.8) is 0 Å². The second-order valence-electron chi connectivity index (χ2n) is 10.8. The Hall–Kier alpha value is -4.23. The minimum Gasteiger partial charge on any atom is -0.507 e. The smallest absolute Gasteiger partial charge is 0.507 e. The van der Waals surface area contributed by atoms with E-state index in [2.05, 4.69) is 4.74 Å². The van der Waals surface area contributed by atoms with Gasteiger partial charge >= 0.3 is 18.3 Å². The van der Waals surface area contributed by atoms with Gasteiger partial charge in [-0.3, -0.25) is 9.59 Å². The van der Waals surface area contributed by atoms with Crippen LogP contribution in [-0.4, -0.2) is 53.0 Å². The van der Waals surface area contributed by atoms with Gasteiger partial charge in [-0.2, -0.15) is 13.2 Å². The summed E-state index contributed by atoms with van der Waals surface area (Å²) in [6.07, 6.45) is 2.10. The molecule has 0 fully saturated rings. The Labute approximate surface area is 274 Å². The van der Waals surface area contributed by atoms with Crippen molar-refractivity contribution in [2.24, 2.45) is 0 Å². The van der Waals surface area contributed by atoms with Crippen molar-refractivity contribution in [3.05, 3.63) is 74.0 Å². The minimum atomic E-state index is -4.56. The molecule has 0 aliphatic heterocycles. The second-order valence-corrected chi connectivity index (χ2v) is 11.3. The number of carbonyl (C=O) groups is 2. The molecule has 0 saturated heterocycles. The molecular weight excluding hydrogens is 641 g/mol. The van der Waals surface area contributed by atoms with Gasteiger partial charge in [0.15, 0.2) is 11.2 Å². The van der Waals surface area contributed by atoms with Crippen LogP contribution in [0, 0.1) is 0 Å². The Kier molecular flexibility index (Phi) is 13.5. The van der Waals surface area contributed by atoms with E-state index in [4.69, 9.17) is 26.1 Å². The maximum Gasteiger partial charge on any atom is 0.516 e. The predicted molar refractivity (Wildman–Crippen MR) is 173 cm³/mol. The summed E-state index contributed by atoms with van der Waals surface area (Å²) in [5, 5.41) is 21.5. The van der Waals surface area contributed by atoms with Crippen LogP contribution in [0.15, 0.2) is 45.6 Å². The third kappa shape index (κ3) is 10.4. The summed E-state index contributed by atoms with van der Waals surface area (Å²) in [5.41, 5.74) is -0.239. The molecule has 2 atom stereocenters. The van der Waals surface area contributed by atoms with Crippen LogP contribution in [0.4, 0.5) is 18.0 Å². The molecule has 254 valence electrons. The van der Waals surface area contributed by atoms with Crippen LogP contribution in [0.2, 0.25) is 0 Å². The Morgan fingerprint density at radius 3 is 2.62 bits per heavy atom. The number of Topliss-reactive ketones (excluding diaryl/α,β-unsaturated/α-hetero) is 1. The number of allylic oxidation sites excluding steroid dienone is 3.